The fourth-order valence-electron chi connectivity index (χ4n) is 1.69. The smallest absolute Gasteiger partial charge is 0.308 e. The maximum atomic E-state index is 13.5. The van der Waals surface area contributed by atoms with Gasteiger partial charge in [-0.3, -0.25) is 0 Å². The Labute approximate surface area is 121 Å². The lowest BCUT2D eigenvalue weighted by molar-refractivity contribution is 0.262. The third-order valence-electron chi connectivity index (χ3n) is 2.94. The summed E-state index contributed by atoms with van der Waals surface area (Å²) in [6.07, 6.45) is 0. The first-order valence-electron chi connectivity index (χ1n) is 6.06. The van der Waals surface area contributed by atoms with Crippen molar-refractivity contribution in [2.75, 3.05) is 10.6 Å². The molecule has 104 valence electrons. The monoisotopic (exact) mass is 292 g/mol. The van der Waals surface area contributed by atoms with E-state index in [2.05, 4.69) is 10.6 Å². The number of amides is 2. The molecular formula is C15H14ClFN2O. The van der Waals surface area contributed by atoms with Crippen molar-refractivity contribution in [1.82, 2.24) is 0 Å². The van der Waals surface area contributed by atoms with Crippen LogP contribution in [0.4, 0.5) is 20.6 Å². The number of urea groups is 1. The summed E-state index contributed by atoms with van der Waals surface area (Å²) >= 11 is 5.65. The molecule has 0 fully saturated rings. The Morgan fingerprint density at radius 3 is 2.45 bits per heavy atom. The minimum atomic E-state index is -0.576. The first-order chi connectivity index (χ1) is 9.45. The Morgan fingerprint density at radius 1 is 1.05 bits per heavy atom. The molecule has 0 aliphatic carbocycles. The summed E-state index contributed by atoms with van der Waals surface area (Å²) < 4.78 is 13.5. The minimum Gasteiger partial charge on any atom is -0.308 e. The first-order valence-corrected chi connectivity index (χ1v) is 6.44. The molecule has 0 radical (unpaired) electrons. The molecule has 0 spiro atoms. The number of halogens is 2. The third-order valence-corrected chi connectivity index (χ3v) is 3.18. The second-order valence-electron chi connectivity index (χ2n) is 4.50. The molecule has 3 nitrogen and oxygen atoms in total. The molecule has 0 aromatic heterocycles. The zero-order valence-electron chi connectivity index (χ0n) is 11.1. The summed E-state index contributed by atoms with van der Waals surface area (Å²) in [4.78, 5) is 11.8. The summed E-state index contributed by atoms with van der Waals surface area (Å²) in [5.41, 5.74) is 2.94. The van der Waals surface area contributed by atoms with Crippen LogP contribution in [0.25, 0.3) is 0 Å². The number of carbonyl (C=O) groups excluding carboxylic acids is 1. The normalized spacial score (nSPS) is 10.2. The van der Waals surface area contributed by atoms with Gasteiger partial charge in [0.05, 0.1) is 5.69 Å². The van der Waals surface area contributed by atoms with Gasteiger partial charge in [-0.05, 0) is 55.3 Å². The Bertz CT molecular complexity index is 658. The van der Waals surface area contributed by atoms with E-state index in [-0.39, 0.29) is 10.7 Å². The zero-order valence-corrected chi connectivity index (χ0v) is 11.9. The van der Waals surface area contributed by atoms with E-state index in [1.807, 2.05) is 26.0 Å². The van der Waals surface area contributed by atoms with Gasteiger partial charge in [0, 0.05) is 10.7 Å². The molecule has 2 aromatic carbocycles. The molecule has 2 rings (SSSR count). The summed E-state index contributed by atoms with van der Waals surface area (Å²) in [7, 11) is 0. The van der Waals surface area contributed by atoms with E-state index in [4.69, 9.17) is 11.6 Å². The summed E-state index contributed by atoms with van der Waals surface area (Å²) in [5.74, 6) is -0.576. The maximum Gasteiger partial charge on any atom is 0.323 e. The number of hydrogen-bond donors (Lipinski definition) is 2. The van der Waals surface area contributed by atoms with Crippen molar-refractivity contribution >= 4 is 29.0 Å². The molecule has 0 saturated carbocycles. The molecule has 5 heteroatoms. The highest BCUT2D eigenvalue weighted by Gasteiger charge is 2.08. The maximum absolute atomic E-state index is 13.5. The van der Waals surface area contributed by atoms with Gasteiger partial charge in [0.25, 0.3) is 0 Å². The quantitative estimate of drug-likeness (QED) is 0.824. The van der Waals surface area contributed by atoms with E-state index in [1.54, 1.807) is 6.07 Å². The molecule has 2 amide bonds. The van der Waals surface area contributed by atoms with Crippen LogP contribution in [0.1, 0.15) is 11.1 Å². The lowest BCUT2D eigenvalue weighted by atomic mass is 10.1. The highest BCUT2D eigenvalue weighted by molar-refractivity contribution is 6.30. The summed E-state index contributed by atoms with van der Waals surface area (Å²) in [5, 5.41) is 5.37. The van der Waals surface area contributed by atoms with Crippen LogP contribution in [-0.2, 0) is 0 Å². The van der Waals surface area contributed by atoms with Crippen LogP contribution in [0.15, 0.2) is 36.4 Å². The van der Waals surface area contributed by atoms with Gasteiger partial charge in [-0.15, -0.1) is 0 Å². The van der Waals surface area contributed by atoms with Crippen molar-refractivity contribution in [2.24, 2.45) is 0 Å². The average molecular weight is 293 g/mol. The van der Waals surface area contributed by atoms with Crippen LogP contribution in [-0.4, -0.2) is 6.03 Å². The highest BCUT2D eigenvalue weighted by atomic mass is 35.5. The largest absolute Gasteiger partial charge is 0.323 e. The topological polar surface area (TPSA) is 41.1 Å². The van der Waals surface area contributed by atoms with Crippen LogP contribution in [0.2, 0.25) is 5.02 Å². The molecule has 20 heavy (non-hydrogen) atoms. The Morgan fingerprint density at radius 2 is 1.80 bits per heavy atom. The second-order valence-corrected chi connectivity index (χ2v) is 4.94. The number of nitrogens with one attached hydrogen (secondary N) is 2. The molecule has 0 unspecified atom stereocenters. The highest BCUT2D eigenvalue weighted by Crippen LogP contribution is 2.19. The molecule has 0 bridgehead atoms. The fraction of sp³-hybridized carbons (Fsp3) is 0.133. The average Bonchev–Trinajstić information content (AvgIpc) is 2.37. The van der Waals surface area contributed by atoms with Crippen LogP contribution in [0.5, 0.6) is 0 Å². The molecule has 0 aliphatic rings. The van der Waals surface area contributed by atoms with Crippen LogP contribution >= 0.6 is 11.6 Å². The van der Waals surface area contributed by atoms with E-state index in [0.717, 1.165) is 17.2 Å². The number of rotatable bonds is 2. The molecule has 0 aliphatic heterocycles. The second kappa shape index (κ2) is 5.92. The lowest BCUT2D eigenvalue weighted by Crippen LogP contribution is -2.20. The van der Waals surface area contributed by atoms with Gasteiger partial charge < -0.3 is 10.6 Å². The van der Waals surface area contributed by atoms with Crippen molar-refractivity contribution in [1.29, 1.82) is 0 Å². The van der Waals surface area contributed by atoms with Gasteiger partial charge in [-0.25, -0.2) is 9.18 Å². The van der Waals surface area contributed by atoms with Gasteiger partial charge >= 0.3 is 6.03 Å². The predicted octanol–water partition coefficient (Wildman–Crippen LogP) is 4.74. The van der Waals surface area contributed by atoms with E-state index in [0.29, 0.717) is 5.69 Å². The number of hydrogen-bond acceptors (Lipinski definition) is 1. The molecule has 0 atom stereocenters. The summed E-state index contributed by atoms with van der Waals surface area (Å²) in [6.45, 7) is 3.94. The Kier molecular flexibility index (Phi) is 4.25. The van der Waals surface area contributed by atoms with Crippen molar-refractivity contribution in [3.8, 4) is 0 Å². The van der Waals surface area contributed by atoms with Crippen molar-refractivity contribution in [3.05, 3.63) is 58.4 Å². The molecule has 2 aromatic rings. The predicted molar refractivity (Wildman–Crippen MR) is 80.0 cm³/mol. The Hall–Kier alpha value is -2.07. The molecule has 0 heterocycles. The van der Waals surface area contributed by atoms with Crippen molar-refractivity contribution < 1.29 is 9.18 Å². The number of carbonyl (C=O) groups is 1. The van der Waals surface area contributed by atoms with Crippen molar-refractivity contribution in [2.45, 2.75) is 13.8 Å². The van der Waals surface area contributed by atoms with E-state index in [1.165, 1.54) is 12.1 Å². The van der Waals surface area contributed by atoms with Gasteiger partial charge in [-0.2, -0.15) is 0 Å². The lowest BCUT2D eigenvalue weighted by Gasteiger charge is -2.10. The fourth-order valence-corrected chi connectivity index (χ4v) is 1.85. The van der Waals surface area contributed by atoms with E-state index < -0.39 is 11.8 Å². The third kappa shape index (κ3) is 3.48. The van der Waals surface area contributed by atoms with Crippen LogP contribution < -0.4 is 10.6 Å². The number of benzene rings is 2. The summed E-state index contributed by atoms with van der Waals surface area (Å²) in [6, 6.07) is 9.12. The van der Waals surface area contributed by atoms with Gasteiger partial charge in [0.15, 0.2) is 0 Å². The standard InChI is InChI=1S/C15H14ClFN2O/c1-9-3-5-12(7-10(9)2)18-15(20)19-14-6-4-11(16)8-13(14)17/h3-8H,1-2H3,(H2,18,19,20). The Balaban J connectivity index is 2.07. The zero-order chi connectivity index (χ0) is 14.7. The van der Waals surface area contributed by atoms with Crippen molar-refractivity contribution in [3.63, 3.8) is 0 Å². The van der Waals surface area contributed by atoms with Gasteiger partial charge in [0.2, 0.25) is 0 Å². The first kappa shape index (κ1) is 14.3. The van der Waals surface area contributed by atoms with Crippen LogP contribution in [0.3, 0.4) is 0 Å². The molecular weight excluding hydrogens is 279 g/mol. The van der Waals surface area contributed by atoms with E-state index >= 15 is 0 Å². The number of aryl methyl sites for hydroxylation is 2. The molecule has 0 saturated heterocycles. The van der Waals surface area contributed by atoms with E-state index in [9.17, 15) is 9.18 Å². The molecule has 2 N–H and O–H groups in total. The van der Waals surface area contributed by atoms with Crippen LogP contribution in [0, 0.1) is 19.7 Å². The number of anilines is 2. The van der Waals surface area contributed by atoms with Gasteiger partial charge in [-0.1, -0.05) is 17.7 Å². The SMILES string of the molecule is Cc1ccc(NC(=O)Nc2ccc(Cl)cc2F)cc1C. The van der Waals surface area contributed by atoms with Gasteiger partial charge in [0.1, 0.15) is 5.82 Å². The minimum absolute atomic E-state index is 0.0794.